The third kappa shape index (κ3) is 6.12. The lowest BCUT2D eigenvalue weighted by atomic mass is 9.93. The minimum Gasteiger partial charge on any atom is -0.495 e. The molecule has 1 heterocycles. The number of ether oxygens (including phenoxy) is 1. The fourth-order valence-electron chi connectivity index (χ4n) is 3.14. The predicted molar refractivity (Wildman–Crippen MR) is 97.3 cm³/mol. The van der Waals surface area contributed by atoms with Crippen LogP contribution in [0.2, 0.25) is 5.02 Å². The van der Waals surface area contributed by atoms with Crippen LogP contribution in [0.25, 0.3) is 0 Å². The van der Waals surface area contributed by atoms with E-state index in [1.165, 1.54) is 0 Å². The van der Waals surface area contributed by atoms with Gasteiger partial charge in [-0.2, -0.15) is 0 Å². The lowest BCUT2D eigenvalue weighted by Gasteiger charge is -2.32. The summed E-state index contributed by atoms with van der Waals surface area (Å²) in [5.74, 6) is 0.287. The Bertz CT molecular complexity index is 609. The number of nitrogens with zero attached hydrogens (tertiary/aromatic N) is 1. The maximum absolute atomic E-state index is 12.4. The van der Waals surface area contributed by atoms with Gasteiger partial charge in [0.05, 0.1) is 12.8 Å². The summed E-state index contributed by atoms with van der Waals surface area (Å²) in [7, 11) is 1.59. The molecule has 0 radical (unpaired) electrons. The van der Waals surface area contributed by atoms with Crippen LogP contribution in [-0.4, -0.2) is 48.6 Å². The highest BCUT2D eigenvalue weighted by atomic mass is 35.5. The number of aliphatic carboxylic acids is 1. The van der Waals surface area contributed by atoms with E-state index in [0.717, 1.165) is 25.1 Å². The van der Waals surface area contributed by atoms with Crippen molar-refractivity contribution < 1.29 is 19.4 Å². The number of anilines is 1. The minimum atomic E-state index is -0.775. The molecule has 2 rings (SSSR count). The molecule has 7 heteroatoms. The summed E-state index contributed by atoms with van der Waals surface area (Å²) in [6, 6.07) is 5.31. The normalized spacial score (nSPS) is 17.2. The zero-order chi connectivity index (χ0) is 18.2. The summed E-state index contributed by atoms with van der Waals surface area (Å²) >= 11 is 5.99. The molecule has 138 valence electrons. The van der Waals surface area contributed by atoms with E-state index in [4.69, 9.17) is 21.4 Å². The van der Waals surface area contributed by atoms with E-state index in [2.05, 4.69) is 5.32 Å². The highest BCUT2D eigenvalue weighted by molar-refractivity contribution is 6.30. The van der Waals surface area contributed by atoms with E-state index in [-0.39, 0.29) is 18.2 Å². The average Bonchev–Trinajstić information content (AvgIpc) is 2.60. The second-order valence-corrected chi connectivity index (χ2v) is 6.74. The number of hydrogen-bond donors (Lipinski definition) is 2. The standard InChI is InChI=1S/C18H25ClN2O4/c1-25-16-6-5-14(19)11-15(16)20-9-8-17(22)21-10-2-3-13(12-21)4-7-18(23)24/h5-6,11,13,20H,2-4,7-10,12H2,1H3,(H,23,24). The van der Waals surface area contributed by atoms with Gasteiger partial charge in [-0.05, 0) is 43.4 Å². The smallest absolute Gasteiger partial charge is 0.303 e. The van der Waals surface area contributed by atoms with Gasteiger partial charge in [-0.3, -0.25) is 9.59 Å². The van der Waals surface area contributed by atoms with Crippen molar-refractivity contribution in [2.75, 3.05) is 32.1 Å². The number of halogens is 1. The number of carbonyl (C=O) groups is 2. The lowest BCUT2D eigenvalue weighted by molar-refractivity contribution is -0.137. The molecule has 0 bridgehead atoms. The van der Waals surface area contributed by atoms with Crippen LogP contribution in [0.3, 0.4) is 0 Å². The number of carboxylic acid groups (broad SMARTS) is 1. The van der Waals surface area contributed by atoms with Crippen molar-refractivity contribution >= 4 is 29.2 Å². The van der Waals surface area contributed by atoms with Crippen LogP contribution >= 0.6 is 11.6 Å². The molecule has 1 aromatic carbocycles. The molecule has 1 aliphatic heterocycles. The molecule has 0 saturated carbocycles. The van der Waals surface area contributed by atoms with Gasteiger partial charge in [0.15, 0.2) is 0 Å². The first-order chi connectivity index (χ1) is 12.0. The zero-order valence-corrected chi connectivity index (χ0v) is 15.2. The van der Waals surface area contributed by atoms with E-state index in [1.807, 2.05) is 4.90 Å². The molecule has 2 N–H and O–H groups in total. The summed E-state index contributed by atoms with van der Waals surface area (Å²) in [5, 5.41) is 12.6. The van der Waals surface area contributed by atoms with Crippen LogP contribution < -0.4 is 10.1 Å². The molecule has 1 aromatic rings. The van der Waals surface area contributed by atoms with Gasteiger partial charge in [-0.15, -0.1) is 0 Å². The number of carbonyl (C=O) groups excluding carboxylic acids is 1. The van der Waals surface area contributed by atoms with Crippen LogP contribution in [0.15, 0.2) is 18.2 Å². The Morgan fingerprint density at radius 3 is 2.92 bits per heavy atom. The first kappa shape index (κ1) is 19.4. The third-order valence-corrected chi connectivity index (χ3v) is 4.69. The fourth-order valence-corrected chi connectivity index (χ4v) is 3.31. The number of benzene rings is 1. The number of amides is 1. The Morgan fingerprint density at radius 2 is 2.20 bits per heavy atom. The average molecular weight is 369 g/mol. The van der Waals surface area contributed by atoms with E-state index < -0.39 is 5.97 Å². The van der Waals surface area contributed by atoms with Crippen LogP contribution in [0.4, 0.5) is 5.69 Å². The number of hydrogen-bond acceptors (Lipinski definition) is 4. The number of carboxylic acids is 1. The van der Waals surface area contributed by atoms with Crippen molar-refractivity contribution in [3.63, 3.8) is 0 Å². The maximum atomic E-state index is 12.4. The largest absolute Gasteiger partial charge is 0.495 e. The van der Waals surface area contributed by atoms with Crippen LogP contribution in [-0.2, 0) is 9.59 Å². The number of nitrogens with one attached hydrogen (secondary N) is 1. The number of likely N-dealkylation sites (tertiary alicyclic amines) is 1. The van der Waals surface area contributed by atoms with Crippen LogP contribution in [0.5, 0.6) is 5.75 Å². The molecule has 25 heavy (non-hydrogen) atoms. The maximum Gasteiger partial charge on any atom is 0.303 e. The molecular formula is C18H25ClN2O4. The summed E-state index contributed by atoms with van der Waals surface area (Å²) in [6.07, 6.45) is 3.11. The van der Waals surface area contributed by atoms with E-state index in [1.54, 1.807) is 25.3 Å². The molecule has 1 saturated heterocycles. The molecule has 1 amide bonds. The van der Waals surface area contributed by atoms with Gasteiger partial charge in [0.25, 0.3) is 0 Å². The Hall–Kier alpha value is -1.95. The molecular weight excluding hydrogens is 344 g/mol. The van der Waals surface area contributed by atoms with Crippen molar-refractivity contribution in [3.8, 4) is 5.75 Å². The fraction of sp³-hybridized carbons (Fsp3) is 0.556. The molecule has 1 atom stereocenters. The number of rotatable bonds is 8. The second kappa shape index (κ2) is 9.51. The quantitative estimate of drug-likeness (QED) is 0.736. The number of methoxy groups -OCH3 is 1. The Balaban J connectivity index is 1.80. The Labute approximate surface area is 153 Å². The molecule has 0 aliphatic carbocycles. The Kier molecular flexibility index (Phi) is 7.37. The SMILES string of the molecule is COc1ccc(Cl)cc1NCCC(=O)N1CCCC(CCC(=O)O)C1. The van der Waals surface area contributed by atoms with Gasteiger partial charge in [0.2, 0.25) is 5.91 Å². The van der Waals surface area contributed by atoms with Gasteiger partial charge < -0.3 is 20.1 Å². The topological polar surface area (TPSA) is 78.9 Å². The van der Waals surface area contributed by atoms with Crippen molar-refractivity contribution in [2.24, 2.45) is 5.92 Å². The van der Waals surface area contributed by atoms with Gasteiger partial charge in [0, 0.05) is 37.5 Å². The van der Waals surface area contributed by atoms with Crippen molar-refractivity contribution in [1.29, 1.82) is 0 Å². The van der Waals surface area contributed by atoms with Crippen LogP contribution in [0.1, 0.15) is 32.1 Å². The van der Waals surface area contributed by atoms with Gasteiger partial charge in [0.1, 0.15) is 5.75 Å². The highest BCUT2D eigenvalue weighted by Crippen LogP contribution is 2.27. The van der Waals surface area contributed by atoms with Gasteiger partial charge in [-0.25, -0.2) is 0 Å². The highest BCUT2D eigenvalue weighted by Gasteiger charge is 2.23. The molecule has 0 aromatic heterocycles. The van der Waals surface area contributed by atoms with Crippen molar-refractivity contribution in [3.05, 3.63) is 23.2 Å². The van der Waals surface area contributed by atoms with E-state index in [0.29, 0.717) is 36.7 Å². The molecule has 6 nitrogen and oxygen atoms in total. The monoisotopic (exact) mass is 368 g/mol. The first-order valence-electron chi connectivity index (χ1n) is 8.56. The minimum absolute atomic E-state index is 0.0912. The molecule has 0 spiro atoms. The first-order valence-corrected chi connectivity index (χ1v) is 8.94. The van der Waals surface area contributed by atoms with E-state index >= 15 is 0 Å². The number of piperidine rings is 1. The molecule has 1 fully saturated rings. The Morgan fingerprint density at radius 1 is 1.40 bits per heavy atom. The molecule has 1 unspecified atom stereocenters. The van der Waals surface area contributed by atoms with E-state index in [9.17, 15) is 9.59 Å². The van der Waals surface area contributed by atoms with Gasteiger partial charge >= 0.3 is 5.97 Å². The summed E-state index contributed by atoms with van der Waals surface area (Å²) in [6.45, 7) is 1.90. The predicted octanol–water partition coefficient (Wildman–Crippen LogP) is 3.25. The second-order valence-electron chi connectivity index (χ2n) is 6.30. The lowest BCUT2D eigenvalue weighted by Crippen LogP contribution is -2.40. The molecule has 1 aliphatic rings. The zero-order valence-electron chi connectivity index (χ0n) is 14.5. The van der Waals surface area contributed by atoms with Gasteiger partial charge in [-0.1, -0.05) is 11.6 Å². The summed E-state index contributed by atoms with van der Waals surface area (Å²) in [4.78, 5) is 25.0. The van der Waals surface area contributed by atoms with Crippen molar-refractivity contribution in [1.82, 2.24) is 4.90 Å². The van der Waals surface area contributed by atoms with Crippen LogP contribution in [0, 0.1) is 5.92 Å². The summed E-state index contributed by atoms with van der Waals surface area (Å²) in [5.41, 5.74) is 0.765. The third-order valence-electron chi connectivity index (χ3n) is 4.45. The summed E-state index contributed by atoms with van der Waals surface area (Å²) < 4.78 is 5.27. The van der Waals surface area contributed by atoms with Crippen molar-refractivity contribution in [2.45, 2.75) is 32.1 Å².